The Morgan fingerprint density at radius 2 is 2.07 bits per heavy atom. The van der Waals surface area contributed by atoms with Gasteiger partial charge in [-0.3, -0.25) is 4.79 Å². The normalized spacial score (nSPS) is 18.4. The van der Waals surface area contributed by atoms with E-state index >= 15 is 0 Å². The molecular formula is C8H15N3O3. The molecule has 1 aliphatic rings. The van der Waals surface area contributed by atoms with Gasteiger partial charge in [-0.1, -0.05) is 0 Å². The summed E-state index contributed by atoms with van der Waals surface area (Å²) >= 11 is 0. The lowest BCUT2D eigenvalue weighted by Gasteiger charge is -2.39. The number of nitrogens with zero attached hydrogens (tertiary/aromatic N) is 1. The highest BCUT2D eigenvalue weighted by Crippen LogP contribution is 2.09. The first-order valence-electron chi connectivity index (χ1n) is 4.49. The number of carbonyl (C=O) groups is 2. The number of hydrogen-bond acceptors (Lipinski definition) is 3. The van der Waals surface area contributed by atoms with Crippen molar-refractivity contribution in [3.63, 3.8) is 0 Å². The van der Waals surface area contributed by atoms with E-state index in [-0.39, 0.29) is 18.0 Å². The zero-order valence-electron chi connectivity index (χ0n) is 8.28. The Morgan fingerprint density at radius 1 is 1.50 bits per heavy atom. The Labute approximate surface area is 82.3 Å². The van der Waals surface area contributed by atoms with E-state index in [4.69, 9.17) is 5.11 Å². The molecule has 0 bridgehead atoms. The molecular weight excluding hydrogens is 186 g/mol. The van der Waals surface area contributed by atoms with E-state index in [9.17, 15) is 9.59 Å². The van der Waals surface area contributed by atoms with Crippen LogP contribution in [0.15, 0.2) is 0 Å². The highest BCUT2D eigenvalue weighted by atomic mass is 16.3. The van der Waals surface area contributed by atoms with Crippen molar-refractivity contribution in [2.24, 2.45) is 0 Å². The topological polar surface area (TPSA) is 81.7 Å². The predicted molar refractivity (Wildman–Crippen MR) is 49.6 cm³/mol. The van der Waals surface area contributed by atoms with Crippen LogP contribution in [0.3, 0.4) is 0 Å². The number of rotatable bonds is 2. The molecule has 1 unspecified atom stereocenters. The lowest BCUT2D eigenvalue weighted by molar-refractivity contribution is -0.144. The fraction of sp³-hybridized carbons (Fsp3) is 0.750. The molecule has 0 aromatic rings. The van der Waals surface area contributed by atoms with Crippen molar-refractivity contribution in [3.05, 3.63) is 0 Å². The van der Waals surface area contributed by atoms with E-state index in [1.54, 1.807) is 0 Å². The molecule has 0 aromatic carbocycles. The SMILES string of the molecule is CNC(=O)NC1CN(C(=O)C(C)O)C1. The van der Waals surface area contributed by atoms with Gasteiger partial charge in [0.1, 0.15) is 6.10 Å². The lowest BCUT2D eigenvalue weighted by Crippen LogP contribution is -2.63. The highest BCUT2D eigenvalue weighted by molar-refractivity contribution is 5.81. The van der Waals surface area contributed by atoms with Gasteiger partial charge in [0.15, 0.2) is 0 Å². The van der Waals surface area contributed by atoms with Crippen molar-refractivity contribution in [2.75, 3.05) is 20.1 Å². The fourth-order valence-electron chi connectivity index (χ4n) is 1.27. The molecule has 0 radical (unpaired) electrons. The summed E-state index contributed by atoms with van der Waals surface area (Å²) in [6.45, 7) is 2.37. The van der Waals surface area contributed by atoms with E-state index in [0.717, 1.165) is 0 Å². The van der Waals surface area contributed by atoms with Gasteiger partial charge in [0.25, 0.3) is 5.91 Å². The first kappa shape index (κ1) is 10.8. The summed E-state index contributed by atoms with van der Waals surface area (Å²) in [6, 6.07) is -0.253. The number of aliphatic hydroxyl groups excluding tert-OH is 1. The first-order valence-corrected chi connectivity index (χ1v) is 4.49. The van der Waals surface area contributed by atoms with Crippen LogP contribution >= 0.6 is 0 Å². The van der Waals surface area contributed by atoms with Crippen molar-refractivity contribution in [3.8, 4) is 0 Å². The predicted octanol–water partition coefficient (Wildman–Crippen LogP) is -1.49. The van der Waals surface area contributed by atoms with E-state index < -0.39 is 6.10 Å². The molecule has 0 aliphatic carbocycles. The van der Waals surface area contributed by atoms with Crippen LogP contribution in [0.2, 0.25) is 0 Å². The van der Waals surface area contributed by atoms with Crippen LogP contribution in [-0.4, -0.2) is 54.2 Å². The Bertz CT molecular complexity index is 236. The van der Waals surface area contributed by atoms with Crippen molar-refractivity contribution < 1.29 is 14.7 Å². The second-order valence-electron chi connectivity index (χ2n) is 3.34. The fourth-order valence-corrected chi connectivity index (χ4v) is 1.27. The second-order valence-corrected chi connectivity index (χ2v) is 3.34. The Morgan fingerprint density at radius 3 is 2.50 bits per heavy atom. The molecule has 1 rings (SSSR count). The van der Waals surface area contributed by atoms with Gasteiger partial charge in [-0.15, -0.1) is 0 Å². The average molecular weight is 201 g/mol. The minimum Gasteiger partial charge on any atom is -0.384 e. The molecule has 0 aromatic heterocycles. The van der Waals surface area contributed by atoms with Crippen LogP contribution in [0.5, 0.6) is 0 Å². The third kappa shape index (κ3) is 2.35. The molecule has 1 saturated heterocycles. The van der Waals surface area contributed by atoms with Crippen LogP contribution in [0.1, 0.15) is 6.92 Å². The molecule has 3 N–H and O–H groups in total. The largest absolute Gasteiger partial charge is 0.384 e. The van der Waals surface area contributed by atoms with Gasteiger partial charge in [-0.2, -0.15) is 0 Å². The summed E-state index contributed by atoms with van der Waals surface area (Å²) in [4.78, 5) is 23.5. The molecule has 1 atom stereocenters. The molecule has 0 spiro atoms. The van der Waals surface area contributed by atoms with Crippen LogP contribution in [0.25, 0.3) is 0 Å². The van der Waals surface area contributed by atoms with Crippen LogP contribution in [0.4, 0.5) is 4.79 Å². The molecule has 6 heteroatoms. The third-order valence-electron chi connectivity index (χ3n) is 2.11. The maximum Gasteiger partial charge on any atom is 0.314 e. The van der Waals surface area contributed by atoms with E-state index in [2.05, 4.69) is 10.6 Å². The molecule has 0 saturated carbocycles. The number of hydrogen-bond donors (Lipinski definition) is 3. The van der Waals surface area contributed by atoms with Gasteiger partial charge in [0.2, 0.25) is 0 Å². The summed E-state index contributed by atoms with van der Waals surface area (Å²) in [6.07, 6.45) is -0.962. The summed E-state index contributed by atoms with van der Waals surface area (Å²) < 4.78 is 0. The summed E-state index contributed by atoms with van der Waals surface area (Å²) in [5.74, 6) is -0.292. The number of nitrogens with one attached hydrogen (secondary N) is 2. The van der Waals surface area contributed by atoms with E-state index in [1.807, 2.05) is 0 Å². The van der Waals surface area contributed by atoms with Crippen LogP contribution in [-0.2, 0) is 4.79 Å². The van der Waals surface area contributed by atoms with Crippen molar-refractivity contribution in [1.82, 2.24) is 15.5 Å². The minimum absolute atomic E-state index is 0.00218. The number of amides is 3. The Balaban J connectivity index is 2.23. The smallest absolute Gasteiger partial charge is 0.314 e. The Hall–Kier alpha value is -1.30. The molecule has 3 amide bonds. The minimum atomic E-state index is -0.962. The molecule has 1 heterocycles. The summed E-state index contributed by atoms with van der Waals surface area (Å²) in [7, 11) is 1.53. The number of urea groups is 1. The molecule has 14 heavy (non-hydrogen) atoms. The van der Waals surface area contributed by atoms with Crippen LogP contribution in [0, 0.1) is 0 Å². The highest BCUT2D eigenvalue weighted by Gasteiger charge is 2.32. The number of carbonyl (C=O) groups excluding carboxylic acids is 2. The number of likely N-dealkylation sites (tertiary alicyclic amines) is 1. The maximum atomic E-state index is 11.2. The van der Waals surface area contributed by atoms with Gasteiger partial charge in [-0.25, -0.2) is 4.79 Å². The lowest BCUT2D eigenvalue weighted by atomic mass is 10.1. The molecule has 80 valence electrons. The molecule has 1 aliphatic heterocycles. The van der Waals surface area contributed by atoms with E-state index in [1.165, 1.54) is 18.9 Å². The van der Waals surface area contributed by atoms with Gasteiger partial charge < -0.3 is 20.6 Å². The van der Waals surface area contributed by atoms with Gasteiger partial charge in [-0.05, 0) is 6.92 Å². The van der Waals surface area contributed by atoms with Crippen molar-refractivity contribution in [2.45, 2.75) is 19.1 Å². The second kappa shape index (κ2) is 4.28. The van der Waals surface area contributed by atoms with Gasteiger partial charge >= 0.3 is 6.03 Å². The zero-order chi connectivity index (χ0) is 10.7. The quantitative estimate of drug-likeness (QED) is 0.509. The standard InChI is InChI=1S/C8H15N3O3/c1-5(12)7(13)11-3-6(4-11)10-8(14)9-2/h5-6,12H,3-4H2,1-2H3,(H2,9,10,14). The van der Waals surface area contributed by atoms with E-state index in [0.29, 0.717) is 13.1 Å². The Kier molecular flexibility index (Phi) is 3.29. The molecule has 1 fully saturated rings. The van der Waals surface area contributed by atoms with Crippen molar-refractivity contribution in [1.29, 1.82) is 0 Å². The third-order valence-corrected chi connectivity index (χ3v) is 2.11. The number of aliphatic hydroxyl groups is 1. The van der Waals surface area contributed by atoms with Gasteiger partial charge in [0, 0.05) is 20.1 Å². The zero-order valence-corrected chi connectivity index (χ0v) is 8.28. The monoisotopic (exact) mass is 201 g/mol. The summed E-state index contributed by atoms with van der Waals surface area (Å²) in [5, 5.41) is 14.1. The van der Waals surface area contributed by atoms with Gasteiger partial charge in [0.05, 0.1) is 6.04 Å². The maximum absolute atomic E-state index is 11.2. The average Bonchev–Trinajstić information content (AvgIpc) is 2.08. The summed E-state index contributed by atoms with van der Waals surface area (Å²) in [5.41, 5.74) is 0. The van der Waals surface area contributed by atoms with Crippen LogP contribution < -0.4 is 10.6 Å². The first-order chi connectivity index (χ1) is 6.54. The van der Waals surface area contributed by atoms with Crippen molar-refractivity contribution >= 4 is 11.9 Å². The molecule has 6 nitrogen and oxygen atoms in total.